The maximum Gasteiger partial charge on any atom is 0.311 e. The highest BCUT2D eigenvalue weighted by Gasteiger charge is 2.77. The van der Waals surface area contributed by atoms with Gasteiger partial charge in [0, 0.05) is 0 Å². The van der Waals surface area contributed by atoms with Crippen molar-refractivity contribution in [1.82, 2.24) is 0 Å². The molecule has 8 bridgehead atoms. The van der Waals surface area contributed by atoms with Gasteiger partial charge in [-0.1, -0.05) is 12.2 Å². The summed E-state index contributed by atoms with van der Waals surface area (Å²) >= 11 is 0. The van der Waals surface area contributed by atoms with Crippen LogP contribution < -0.4 is 0 Å². The van der Waals surface area contributed by atoms with Crippen molar-refractivity contribution in [1.29, 1.82) is 0 Å². The van der Waals surface area contributed by atoms with Gasteiger partial charge in [-0.3, -0.25) is 4.79 Å². The molecule has 0 aliphatic heterocycles. The zero-order valence-electron chi connectivity index (χ0n) is 16.6. The van der Waals surface area contributed by atoms with Crippen molar-refractivity contribution in [2.75, 3.05) is 7.11 Å². The Kier molecular flexibility index (Phi) is 2.44. The zero-order chi connectivity index (χ0) is 17.8. The fourth-order valence-electron chi connectivity index (χ4n) is 12.3. The molecule has 8 rings (SSSR count). The molecular formula is C25H32O2. The number of ether oxygens (including phenoxy) is 1. The fraction of sp³-hybridized carbons (Fsp3) is 0.880. The summed E-state index contributed by atoms with van der Waals surface area (Å²) in [5.41, 5.74) is -0.171. The Hall–Kier alpha value is -0.790. The number of carbonyl (C=O) groups excluding carboxylic acids is 1. The Bertz CT molecular complexity index is 785. The van der Waals surface area contributed by atoms with Crippen LogP contribution in [0.1, 0.15) is 39.0 Å². The van der Waals surface area contributed by atoms with Crippen LogP contribution in [0.25, 0.3) is 0 Å². The number of esters is 1. The van der Waals surface area contributed by atoms with Crippen LogP contribution in [0.3, 0.4) is 0 Å². The van der Waals surface area contributed by atoms with Crippen LogP contribution in [0.2, 0.25) is 0 Å². The second-order valence-corrected chi connectivity index (χ2v) is 12.3. The first kappa shape index (κ1) is 15.1. The summed E-state index contributed by atoms with van der Waals surface area (Å²) in [6, 6.07) is 0. The standard InChI is InChI=1S/C25H32O2/c1-25(24(26)27-2)9-12-6-17(25)23-16-8-15(20(12)23)21-13-7-14(22(16)21)19-11-4-3-10(5-11)18(13)19/h3-4,10-23H,5-9H2,1-2H3. The molecule has 27 heavy (non-hydrogen) atoms. The summed E-state index contributed by atoms with van der Waals surface area (Å²) in [6.45, 7) is 2.25. The average Bonchev–Trinajstić information content (AvgIpc) is 3.48. The average molecular weight is 365 g/mol. The summed E-state index contributed by atoms with van der Waals surface area (Å²) in [4.78, 5) is 12.7. The Balaban J connectivity index is 1.18. The van der Waals surface area contributed by atoms with Gasteiger partial charge in [-0.15, -0.1) is 0 Å². The molecule has 0 radical (unpaired) electrons. The minimum absolute atomic E-state index is 0.0963. The smallest absolute Gasteiger partial charge is 0.311 e. The van der Waals surface area contributed by atoms with Gasteiger partial charge < -0.3 is 4.74 Å². The summed E-state index contributed by atoms with van der Waals surface area (Å²) in [5, 5.41) is 0. The second-order valence-electron chi connectivity index (χ2n) is 12.3. The molecule has 2 heteroatoms. The first-order valence-corrected chi connectivity index (χ1v) is 11.9. The topological polar surface area (TPSA) is 26.3 Å². The normalized spacial score (nSPS) is 70.0. The van der Waals surface area contributed by atoms with Gasteiger partial charge in [0.05, 0.1) is 12.5 Å². The molecule has 15 atom stereocenters. The summed E-state index contributed by atoms with van der Waals surface area (Å²) in [7, 11) is 1.60. The van der Waals surface area contributed by atoms with E-state index in [4.69, 9.17) is 4.74 Å². The molecule has 7 fully saturated rings. The minimum Gasteiger partial charge on any atom is -0.469 e. The molecule has 15 unspecified atom stereocenters. The van der Waals surface area contributed by atoms with E-state index in [2.05, 4.69) is 19.1 Å². The molecule has 8 aliphatic rings. The molecule has 2 nitrogen and oxygen atoms in total. The van der Waals surface area contributed by atoms with Gasteiger partial charge in [0.1, 0.15) is 0 Å². The predicted molar refractivity (Wildman–Crippen MR) is 101 cm³/mol. The molecule has 0 aromatic carbocycles. The maximum absolute atomic E-state index is 12.7. The number of hydrogen-bond donors (Lipinski definition) is 0. The molecule has 0 amide bonds. The minimum atomic E-state index is -0.171. The predicted octanol–water partition coefficient (Wildman–Crippen LogP) is 4.41. The van der Waals surface area contributed by atoms with Crippen molar-refractivity contribution >= 4 is 5.97 Å². The number of fused-ring (bicyclic) bond motifs is 23. The van der Waals surface area contributed by atoms with Crippen LogP contribution in [-0.4, -0.2) is 13.1 Å². The van der Waals surface area contributed by atoms with Crippen molar-refractivity contribution in [3.63, 3.8) is 0 Å². The van der Waals surface area contributed by atoms with E-state index in [0.29, 0.717) is 5.92 Å². The second kappa shape index (κ2) is 4.36. The van der Waals surface area contributed by atoms with Crippen LogP contribution in [-0.2, 0) is 9.53 Å². The third-order valence-electron chi connectivity index (χ3n) is 12.2. The highest BCUT2D eigenvalue weighted by molar-refractivity contribution is 5.77. The Morgan fingerprint density at radius 3 is 2.04 bits per heavy atom. The number of carbonyl (C=O) groups is 1. The lowest BCUT2D eigenvalue weighted by Gasteiger charge is -2.51. The van der Waals surface area contributed by atoms with Crippen molar-refractivity contribution in [3.8, 4) is 0 Å². The van der Waals surface area contributed by atoms with E-state index >= 15 is 0 Å². The molecule has 0 N–H and O–H groups in total. The number of rotatable bonds is 1. The van der Waals surface area contributed by atoms with Crippen molar-refractivity contribution in [2.45, 2.75) is 39.0 Å². The van der Waals surface area contributed by atoms with Crippen molar-refractivity contribution in [3.05, 3.63) is 12.2 Å². The molecule has 7 saturated carbocycles. The number of allylic oxidation sites excluding steroid dienone is 2. The SMILES string of the molecule is COC(=O)C1(C)CC2CC1C1C3CC(C21)C1C2CC(C4C5C=CC(C5)C24)C31. The lowest BCUT2D eigenvalue weighted by atomic mass is 9.53. The molecule has 0 heterocycles. The highest BCUT2D eigenvalue weighted by Crippen LogP contribution is 2.82. The van der Waals surface area contributed by atoms with E-state index in [1.165, 1.54) is 19.3 Å². The summed E-state index contributed by atoms with van der Waals surface area (Å²) in [6.07, 6.45) is 12.3. The summed E-state index contributed by atoms with van der Waals surface area (Å²) in [5.74, 6) is 13.6. The van der Waals surface area contributed by atoms with Crippen LogP contribution >= 0.6 is 0 Å². The van der Waals surface area contributed by atoms with Crippen molar-refractivity contribution in [2.24, 2.45) is 88.3 Å². The third kappa shape index (κ3) is 1.38. The van der Waals surface area contributed by atoms with E-state index in [9.17, 15) is 4.79 Å². The van der Waals surface area contributed by atoms with Crippen LogP contribution in [0.4, 0.5) is 0 Å². The Morgan fingerprint density at radius 1 is 0.815 bits per heavy atom. The molecule has 8 aliphatic carbocycles. The van der Waals surface area contributed by atoms with E-state index in [1.54, 1.807) is 13.5 Å². The van der Waals surface area contributed by atoms with Crippen LogP contribution in [0, 0.1) is 88.3 Å². The molecular weight excluding hydrogens is 332 g/mol. The Labute approximate surface area is 162 Å². The van der Waals surface area contributed by atoms with Gasteiger partial charge >= 0.3 is 5.97 Å². The van der Waals surface area contributed by atoms with Gasteiger partial charge in [-0.25, -0.2) is 0 Å². The van der Waals surface area contributed by atoms with Gasteiger partial charge in [0.15, 0.2) is 0 Å². The van der Waals surface area contributed by atoms with E-state index < -0.39 is 0 Å². The number of hydrogen-bond acceptors (Lipinski definition) is 2. The monoisotopic (exact) mass is 364 g/mol. The molecule has 0 saturated heterocycles. The lowest BCUT2D eigenvalue weighted by molar-refractivity contribution is -0.159. The quantitative estimate of drug-likeness (QED) is 0.391. The summed E-state index contributed by atoms with van der Waals surface area (Å²) < 4.78 is 5.30. The Morgan fingerprint density at radius 2 is 1.41 bits per heavy atom. The highest BCUT2D eigenvalue weighted by atomic mass is 16.5. The zero-order valence-corrected chi connectivity index (χ0v) is 16.6. The van der Waals surface area contributed by atoms with Crippen LogP contribution in [0.15, 0.2) is 12.2 Å². The van der Waals surface area contributed by atoms with Gasteiger partial charge in [0.2, 0.25) is 0 Å². The molecule has 0 aromatic heterocycles. The van der Waals surface area contributed by atoms with E-state index in [0.717, 1.165) is 83.4 Å². The maximum atomic E-state index is 12.7. The first-order valence-electron chi connectivity index (χ1n) is 11.9. The van der Waals surface area contributed by atoms with Crippen LogP contribution in [0.5, 0.6) is 0 Å². The van der Waals surface area contributed by atoms with Gasteiger partial charge in [0.25, 0.3) is 0 Å². The van der Waals surface area contributed by atoms with E-state index in [1.807, 2.05) is 0 Å². The first-order chi connectivity index (χ1) is 13.1. The largest absolute Gasteiger partial charge is 0.469 e. The fourth-order valence-corrected chi connectivity index (χ4v) is 12.3. The molecule has 0 aromatic rings. The van der Waals surface area contributed by atoms with Gasteiger partial charge in [-0.2, -0.15) is 0 Å². The molecule has 144 valence electrons. The third-order valence-corrected chi connectivity index (χ3v) is 12.2. The van der Waals surface area contributed by atoms with Crippen molar-refractivity contribution < 1.29 is 9.53 Å². The number of methoxy groups -OCH3 is 1. The lowest BCUT2D eigenvalue weighted by Crippen LogP contribution is -2.50. The molecule has 0 spiro atoms. The van der Waals surface area contributed by atoms with E-state index in [-0.39, 0.29) is 11.4 Å². The van der Waals surface area contributed by atoms with Gasteiger partial charge in [-0.05, 0) is 122 Å².